The summed E-state index contributed by atoms with van der Waals surface area (Å²) in [6.07, 6.45) is 2.99. The van der Waals surface area contributed by atoms with Crippen molar-refractivity contribution >= 4 is 5.71 Å². The topological polar surface area (TPSA) is 35.8 Å². The van der Waals surface area contributed by atoms with Crippen LogP contribution >= 0.6 is 0 Å². The highest BCUT2D eigenvalue weighted by Crippen LogP contribution is 2.35. The first-order chi connectivity index (χ1) is 6.91. The molecular formula is C12H22N2O. The molecule has 3 heteroatoms. The van der Waals surface area contributed by atoms with E-state index >= 15 is 0 Å². The van der Waals surface area contributed by atoms with Crippen LogP contribution in [0, 0.1) is 5.92 Å². The summed E-state index contributed by atoms with van der Waals surface area (Å²) < 4.78 is 0. The lowest BCUT2D eigenvalue weighted by molar-refractivity contribution is 0.193. The Balaban J connectivity index is 2.87. The van der Waals surface area contributed by atoms with E-state index in [0.717, 1.165) is 25.0 Å². The van der Waals surface area contributed by atoms with Crippen LogP contribution < -0.4 is 0 Å². The first-order valence-electron chi connectivity index (χ1n) is 5.46. The summed E-state index contributed by atoms with van der Waals surface area (Å²) >= 11 is 0. The number of oxime groups is 1. The van der Waals surface area contributed by atoms with Gasteiger partial charge in [0.05, 0.1) is 11.3 Å². The molecule has 86 valence electrons. The van der Waals surface area contributed by atoms with Gasteiger partial charge in [-0.2, -0.15) is 0 Å². The van der Waals surface area contributed by atoms with Gasteiger partial charge in [-0.15, -0.1) is 0 Å². The normalized spacial score (nSPS) is 34.7. The predicted molar refractivity (Wildman–Crippen MR) is 63.5 cm³/mol. The Kier molecular flexibility index (Phi) is 3.55. The molecule has 0 heterocycles. The molecule has 0 saturated heterocycles. The number of hydrogen-bond acceptors (Lipinski definition) is 3. The maximum atomic E-state index is 9.11. The molecule has 1 N–H and O–H groups in total. The molecule has 2 unspecified atom stereocenters. The fourth-order valence-electron chi connectivity index (χ4n) is 2.21. The van der Waals surface area contributed by atoms with E-state index in [0.29, 0.717) is 5.92 Å². The third-order valence-corrected chi connectivity index (χ3v) is 3.85. The van der Waals surface area contributed by atoms with Crippen molar-refractivity contribution in [2.45, 2.75) is 38.6 Å². The molecule has 0 aromatic heterocycles. The minimum atomic E-state index is -0.0965. The quantitative estimate of drug-likeness (QED) is 0.432. The molecule has 3 nitrogen and oxygen atoms in total. The van der Waals surface area contributed by atoms with E-state index in [4.69, 9.17) is 5.21 Å². The van der Waals surface area contributed by atoms with Crippen molar-refractivity contribution in [2.75, 3.05) is 14.1 Å². The summed E-state index contributed by atoms with van der Waals surface area (Å²) in [5, 5.41) is 12.6. The largest absolute Gasteiger partial charge is 0.411 e. The van der Waals surface area contributed by atoms with Crippen LogP contribution in [0.25, 0.3) is 0 Å². The van der Waals surface area contributed by atoms with Gasteiger partial charge in [0.2, 0.25) is 0 Å². The fraction of sp³-hybridized carbons (Fsp3) is 0.750. The highest BCUT2D eigenvalue weighted by Gasteiger charge is 2.39. The third-order valence-electron chi connectivity index (χ3n) is 3.85. The van der Waals surface area contributed by atoms with Gasteiger partial charge in [-0.1, -0.05) is 17.3 Å². The minimum Gasteiger partial charge on any atom is -0.411 e. The zero-order valence-corrected chi connectivity index (χ0v) is 10.2. The monoisotopic (exact) mass is 210 g/mol. The van der Waals surface area contributed by atoms with Gasteiger partial charge in [0.25, 0.3) is 0 Å². The van der Waals surface area contributed by atoms with E-state index in [1.807, 2.05) is 14.1 Å². The molecule has 0 aromatic rings. The smallest absolute Gasteiger partial charge is 0.0776 e. The second kappa shape index (κ2) is 4.35. The second-order valence-electron chi connectivity index (χ2n) is 5.00. The summed E-state index contributed by atoms with van der Waals surface area (Å²) in [4.78, 5) is 2.14. The lowest BCUT2D eigenvalue weighted by Crippen LogP contribution is -2.51. The van der Waals surface area contributed by atoms with Crippen LogP contribution in [0.5, 0.6) is 0 Å². The molecule has 2 atom stereocenters. The van der Waals surface area contributed by atoms with Gasteiger partial charge >= 0.3 is 0 Å². The summed E-state index contributed by atoms with van der Waals surface area (Å²) in [5.74, 6) is 0.476. The fourth-order valence-corrected chi connectivity index (χ4v) is 2.21. The zero-order valence-electron chi connectivity index (χ0n) is 10.2. The molecule has 1 aliphatic carbocycles. The molecule has 15 heavy (non-hydrogen) atoms. The van der Waals surface area contributed by atoms with Crippen LogP contribution in [0.1, 0.15) is 33.1 Å². The Morgan fingerprint density at radius 3 is 2.60 bits per heavy atom. The molecule has 1 saturated carbocycles. The Labute approximate surface area is 92.5 Å². The van der Waals surface area contributed by atoms with E-state index < -0.39 is 0 Å². The first-order valence-corrected chi connectivity index (χ1v) is 5.46. The van der Waals surface area contributed by atoms with Crippen molar-refractivity contribution in [3.8, 4) is 0 Å². The molecular weight excluding hydrogens is 188 g/mol. The van der Waals surface area contributed by atoms with Crippen LogP contribution in [0.3, 0.4) is 0 Å². The highest BCUT2D eigenvalue weighted by atomic mass is 16.4. The van der Waals surface area contributed by atoms with Crippen molar-refractivity contribution in [2.24, 2.45) is 11.1 Å². The van der Waals surface area contributed by atoms with E-state index in [9.17, 15) is 0 Å². The standard InChI is InChI=1S/C12H22N2O/c1-9(2)10-6-7-12(3,14(4)5)11(8-10)13-15/h10,15H,1,6-8H2,2-5H3/b13-11+. The molecule has 1 rings (SSSR count). The molecule has 0 aromatic carbocycles. The SMILES string of the molecule is C=C(C)C1CCC(C)(N(C)C)/C(=N/O)C1. The van der Waals surface area contributed by atoms with Crippen molar-refractivity contribution in [3.05, 3.63) is 12.2 Å². The lowest BCUT2D eigenvalue weighted by atomic mass is 9.73. The van der Waals surface area contributed by atoms with Crippen LogP contribution in [0.15, 0.2) is 17.3 Å². The van der Waals surface area contributed by atoms with Crippen molar-refractivity contribution in [1.82, 2.24) is 4.90 Å². The van der Waals surface area contributed by atoms with E-state index in [1.165, 1.54) is 5.57 Å². The molecule has 1 fully saturated rings. The van der Waals surface area contributed by atoms with Gasteiger partial charge in [0.15, 0.2) is 0 Å². The van der Waals surface area contributed by atoms with E-state index in [2.05, 4.69) is 30.5 Å². The zero-order chi connectivity index (χ0) is 11.6. The Morgan fingerprint density at radius 1 is 1.60 bits per heavy atom. The maximum Gasteiger partial charge on any atom is 0.0776 e. The molecule has 0 aliphatic heterocycles. The molecule has 1 aliphatic rings. The highest BCUT2D eigenvalue weighted by molar-refractivity contribution is 5.93. The van der Waals surface area contributed by atoms with Crippen LogP contribution in [-0.4, -0.2) is 35.5 Å². The minimum absolute atomic E-state index is 0.0965. The third kappa shape index (κ3) is 2.23. The number of allylic oxidation sites excluding steroid dienone is 1. The van der Waals surface area contributed by atoms with Gasteiger partial charge in [-0.25, -0.2) is 0 Å². The van der Waals surface area contributed by atoms with Gasteiger partial charge in [0, 0.05) is 0 Å². The number of rotatable bonds is 2. The Morgan fingerprint density at radius 2 is 2.20 bits per heavy atom. The van der Waals surface area contributed by atoms with Crippen LogP contribution in [0.2, 0.25) is 0 Å². The van der Waals surface area contributed by atoms with Gasteiger partial charge in [-0.05, 0) is 53.1 Å². The summed E-state index contributed by atoms with van der Waals surface area (Å²) in [7, 11) is 4.07. The van der Waals surface area contributed by atoms with Crippen molar-refractivity contribution in [3.63, 3.8) is 0 Å². The first kappa shape index (κ1) is 12.2. The van der Waals surface area contributed by atoms with E-state index in [1.54, 1.807) is 0 Å². The molecule has 0 radical (unpaired) electrons. The van der Waals surface area contributed by atoms with Crippen LogP contribution in [0.4, 0.5) is 0 Å². The molecule has 0 spiro atoms. The van der Waals surface area contributed by atoms with Crippen molar-refractivity contribution < 1.29 is 5.21 Å². The lowest BCUT2D eigenvalue weighted by Gasteiger charge is -2.42. The summed E-state index contributed by atoms with van der Waals surface area (Å²) in [6, 6.07) is 0. The van der Waals surface area contributed by atoms with Gasteiger partial charge in [0.1, 0.15) is 0 Å². The number of hydrogen-bond donors (Lipinski definition) is 1. The molecule has 0 amide bonds. The summed E-state index contributed by atoms with van der Waals surface area (Å²) in [5.41, 5.74) is 1.98. The Bertz CT molecular complexity index is 283. The van der Waals surface area contributed by atoms with Gasteiger partial charge < -0.3 is 5.21 Å². The number of nitrogens with zero attached hydrogens (tertiary/aromatic N) is 2. The van der Waals surface area contributed by atoms with Gasteiger partial charge in [-0.3, -0.25) is 4.90 Å². The summed E-state index contributed by atoms with van der Waals surface area (Å²) in [6.45, 7) is 8.18. The average molecular weight is 210 g/mol. The maximum absolute atomic E-state index is 9.11. The Hall–Kier alpha value is -0.830. The average Bonchev–Trinajstić information content (AvgIpc) is 2.17. The van der Waals surface area contributed by atoms with Crippen molar-refractivity contribution in [1.29, 1.82) is 0 Å². The van der Waals surface area contributed by atoms with Crippen LogP contribution in [-0.2, 0) is 0 Å². The van der Waals surface area contributed by atoms with E-state index in [-0.39, 0.29) is 5.54 Å². The predicted octanol–water partition coefficient (Wildman–Crippen LogP) is 2.51. The molecule has 0 bridgehead atoms. The second-order valence-corrected chi connectivity index (χ2v) is 5.00.